The molecule has 0 spiro atoms. The Morgan fingerprint density at radius 2 is 1.90 bits per heavy atom. The molecule has 2 aliphatic heterocycles. The molecule has 20 heavy (non-hydrogen) atoms. The van der Waals surface area contributed by atoms with Crippen molar-refractivity contribution < 1.29 is 14.7 Å². The first kappa shape index (κ1) is 12.5. The van der Waals surface area contributed by atoms with Crippen LogP contribution in [0.4, 0.5) is 4.79 Å². The number of rotatable bonds is 2. The highest BCUT2D eigenvalue weighted by Crippen LogP contribution is 2.45. The standard InChI is InChI=1S/C15H22N2O3/c18-14(19)11-7-10-3-4-13(11)17(10)15(20)16-12-6-8-1-2-9(12)5-8/h8-13H,1-7H2,(H,16,20)(H,18,19). The van der Waals surface area contributed by atoms with Crippen LogP contribution in [0.3, 0.4) is 0 Å². The lowest BCUT2D eigenvalue weighted by atomic mass is 9.89. The second kappa shape index (κ2) is 4.37. The van der Waals surface area contributed by atoms with Gasteiger partial charge in [-0.25, -0.2) is 4.79 Å². The Bertz CT molecular complexity index is 452. The van der Waals surface area contributed by atoms with Crippen molar-refractivity contribution in [1.82, 2.24) is 10.2 Å². The summed E-state index contributed by atoms with van der Waals surface area (Å²) in [7, 11) is 0. The van der Waals surface area contributed by atoms with Gasteiger partial charge in [-0.1, -0.05) is 6.42 Å². The number of nitrogens with zero attached hydrogens (tertiary/aromatic N) is 1. The van der Waals surface area contributed by atoms with Crippen LogP contribution >= 0.6 is 0 Å². The number of urea groups is 1. The lowest BCUT2D eigenvalue weighted by Gasteiger charge is -2.29. The van der Waals surface area contributed by atoms with E-state index >= 15 is 0 Å². The number of amides is 2. The van der Waals surface area contributed by atoms with Crippen molar-refractivity contribution >= 4 is 12.0 Å². The molecule has 5 nitrogen and oxygen atoms in total. The minimum absolute atomic E-state index is 0.00111. The highest BCUT2D eigenvalue weighted by atomic mass is 16.4. The Balaban J connectivity index is 1.43. The fraction of sp³-hybridized carbons (Fsp3) is 0.867. The van der Waals surface area contributed by atoms with Crippen molar-refractivity contribution in [2.45, 2.75) is 63.1 Å². The van der Waals surface area contributed by atoms with Crippen LogP contribution in [0.15, 0.2) is 0 Å². The van der Waals surface area contributed by atoms with Gasteiger partial charge in [-0.05, 0) is 50.4 Å². The molecule has 0 aromatic carbocycles. The number of hydrogen-bond acceptors (Lipinski definition) is 2. The molecule has 2 heterocycles. The third-order valence-corrected chi connectivity index (χ3v) is 6.14. The molecule has 4 bridgehead atoms. The average Bonchev–Trinajstić information content (AvgIpc) is 3.17. The van der Waals surface area contributed by atoms with Crippen molar-refractivity contribution in [3.8, 4) is 0 Å². The predicted molar refractivity (Wildman–Crippen MR) is 72.2 cm³/mol. The third-order valence-electron chi connectivity index (χ3n) is 6.14. The van der Waals surface area contributed by atoms with Crippen LogP contribution < -0.4 is 5.32 Å². The molecular formula is C15H22N2O3. The van der Waals surface area contributed by atoms with Crippen LogP contribution in [-0.2, 0) is 4.79 Å². The Hall–Kier alpha value is -1.26. The van der Waals surface area contributed by atoms with Gasteiger partial charge in [-0.3, -0.25) is 4.79 Å². The Kier molecular flexibility index (Phi) is 2.72. The molecule has 2 N–H and O–H groups in total. The Morgan fingerprint density at radius 3 is 2.50 bits per heavy atom. The summed E-state index contributed by atoms with van der Waals surface area (Å²) in [6, 6.07) is 0.416. The molecule has 2 amide bonds. The van der Waals surface area contributed by atoms with Crippen molar-refractivity contribution in [2.24, 2.45) is 17.8 Å². The van der Waals surface area contributed by atoms with Gasteiger partial charge in [0.25, 0.3) is 0 Å². The Labute approximate surface area is 118 Å². The molecule has 0 aromatic rings. The molecule has 5 heteroatoms. The molecule has 4 fully saturated rings. The summed E-state index contributed by atoms with van der Waals surface area (Å²) in [4.78, 5) is 25.6. The van der Waals surface area contributed by atoms with E-state index in [1.54, 1.807) is 0 Å². The first-order valence-corrected chi connectivity index (χ1v) is 7.95. The van der Waals surface area contributed by atoms with Crippen LogP contribution in [0.5, 0.6) is 0 Å². The summed E-state index contributed by atoms with van der Waals surface area (Å²) in [6.45, 7) is 0. The van der Waals surface area contributed by atoms with Gasteiger partial charge in [0.15, 0.2) is 0 Å². The number of aliphatic carboxylic acids is 1. The van der Waals surface area contributed by atoms with E-state index in [2.05, 4.69) is 5.32 Å². The van der Waals surface area contributed by atoms with E-state index in [1.807, 2.05) is 4.90 Å². The summed E-state index contributed by atoms with van der Waals surface area (Å²) in [5.74, 6) is 0.390. The SMILES string of the molecule is O=C(O)C1CC2CCC1N2C(=O)NC1CC2CCC1C2. The topological polar surface area (TPSA) is 69.6 Å². The van der Waals surface area contributed by atoms with E-state index in [1.165, 1.54) is 19.3 Å². The van der Waals surface area contributed by atoms with Gasteiger partial charge >= 0.3 is 12.0 Å². The minimum atomic E-state index is -0.741. The zero-order valence-corrected chi connectivity index (χ0v) is 11.6. The molecule has 0 aromatic heterocycles. The van der Waals surface area contributed by atoms with Gasteiger partial charge in [0.1, 0.15) is 0 Å². The van der Waals surface area contributed by atoms with Gasteiger partial charge in [-0.2, -0.15) is 0 Å². The van der Waals surface area contributed by atoms with Crippen LogP contribution in [-0.4, -0.2) is 40.1 Å². The second-order valence-electron chi connectivity index (χ2n) is 7.12. The lowest BCUT2D eigenvalue weighted by molar-refractivity contribution is -0.142. The van der Waals surface area contributed by atoms with Gasteiger partial charge in [0, 0.05) is 18.1 Å². The maximum atomic E-state index is 12.5. The van der Waals surface area contributed by atoms with Crippen molar-refractivity contribution in [3.63, 3.8) is 0 Å². The summed E-state index contributed by atoms with van der Waals surface area (Å²) >= 11 is 0. The van der Waals surface area contributed by atoms with Crippen LogP contribution in [0, 0.1) is 17.8 Å². The first-order chi connectivity index (χ1) is 9.63. The van der Waals surface area contributed by atoms with Crippen molar-refractivity contribution in [2.75, 3.05) is 0 Å². The smallest absolute Gasteiger partial charge is 0.318 e. The van der Waals surface area contributed by atoms with E-state index in [-0.39, 0.29) is 24.0 Å². The number of carboxylic acids is 1. The van der Waals surface area contributed by atoms with E-state index in [0.29, 0.717) is 18.4 Å². The summed E-state index contributed by atoms with van der Waals surface area (Å²) in [6.07, 6.45) is 7.44. The fourth-order valence-corrected chi connectivity index (χ4v) is 5.23. The fourth-order valence-electron chi connectivity index (χ4n) is 5.23. The molecule has 110 valence electrons. The minimum Gasteiger partial charge on any atom is -0.481 e. The molecule has 4 aliphatic rings. The zero-order chi connectivity index (χ0) is 13.9. The van der Waals surface area contributed by atoms with E-state index in [4.69, 9.17) is 0 Å². The molecule has 2 saturated heterocycles. The van der Waals surface area contributed by atoms with Gasteiger partial charge in [-0.15, -0.1) is 0 Å². The highest BCUT2D eigenvalue weighted by Gasteiger charge is 2.52. The largest absolute Gasteiger partial charge is 0.481 e. The van der Waals surface area contributed by atoms with Gasteiger partial charge in [0.05, 0.1) is 5.92 Å². The number of carbonyl (C=O) groups is 2. The molecule has 0 radical (unpaired) electrons. The maximum Gasteiger partial charge on any atom is 0.318 e. The van der Waals surface area contributed by atoms with E-state index < -0.39 is 5.97 Å². The average molecular weight is 278 g/mol. The predicted octanol–water partition coefficient (Wildman–Crippen LogP) is 1.82. The number of hydrogen-bond donors (Lipinski definition) is 2. The molecule has 2 aliphatic carbocycles. The maximum absolute atomic E-state index is 12.5. The number of carbonyl (C=O) groups excluding carboxylic acids is 1. The van der Waals surface area contributed by atoms with Crippen LogP contribution in [0.2, 0.25) is 0 Å². The lowest BCUT2D eigenvalue weighted by Crippen LogP contribution is -2.49. The molecule has 2 saturated carbocycles. The quantitative estimate of drug-likeness (QED) is 0.809. The summed E-state index contributed by atoms with van der Waals surface area (Å²) in [5, 5.41) is 12.5. The molecular weight excluding hydrogens is 256 g/mol. The monoisotopic (exact) mass is 278 g/mol. The third kappa shape index (κ3) is 1.75. The van der Waals surface area contributed by atoms with Crippen molar-refractivity contribution in [1.29, 1.82) is 0 Å². The molecule has 4 rings (SSSR count). The zero-order valence-electron chi connectivity index (χ0n) is 11.6. The molecule has 6 atom stereocenters. The normalized spacial score (nSPS) is 45.1. The first-order valence-electron chi connectivity index (χ1n) is 7.95. The van der Waals surface area contributed by atoms with Gasteiger partial charge < -0.3 is 15.3 Å². The van der Waals surface area contributed by atoms with Gasteiger partial charge in [0.2, 0.25) is 0 Å². The van der Waals surface area contributed by atoms with E-state index in [0.717, 1.165) is 25.2 Å². The summed E-state index contributed by atoms with van der Waals surface area (Å²) < 4.78 is 0. The Morgan fingerprint density at radius 1 is 1.05 bits per heavy atom. The van der Waals surface area contributed by atoms with Crippen molar-refractivity contribution in [3.05, 3.63) is 0 Å². The highest BCUT2D eigenvalue weighted by molar-refractivity contribution is 5.79. The number of nitrogens with one attached hydrogen (secondary N) is 1. The second-order valence-corrected chi connectivity index (χ2v) is 7.12. The number of fused-ring (bicyclic) bond motifs is 4. The van der Waals surface area contributed by atoms with E-state index in [9.17, 15) is 14.7 Å². The summed E-state index contributed by atoms with van der Waals surface area (Å²) in [5.41, 5.74) is 0. The van der Waals surface area contributed by atoms with Crippen LogP contribution in [0.1, 0.15) is 44.9 Å². The number of carboxylic acid groups (broad SMARTS) is 1. The molecule has 6 unspecified atom stereocenters. The van der Waals surface area contributed by atoms with Crippen LogP contribution in [0.25, 0.3) is 0 Å².